The lowest BCUT2D eigenvalue weighted by Gasteiger charge is -2.19. The van der Waals surface area contributed by atoms with Crippen molar-refractivity contribution < 1.29 is 14.4 Å². The molecule has 1 saturated carbocycles. The Bertz CT molecular complexity index is 852. The molecule has 1 aromatic heterocycles. The molecular weight excluding hydrogens is 362 g/mol. The molecule has 0 spiro atoms. The number of nitrogens with zero attached hydrogens (tertiary/aromatic N) is 3. The van der Waals surface area contributed by atoms with Crippen LogP contribution in [0.15, 0.2) is 24.5 Å². The summed E-state index contributed by atoms with van der Waals surface area (Å²) in [6, 6.07) is 5.49. The van der Waals surface area contributed by atoms with Gasteiger partial charge in [-0.2, -0.15) is 0 Å². The highest BCUT2D eigenvalue weighted by molar-refractivity contribution is 5.74. The average molecular weight is 385 g/mol. The maximum Gasteiger partial charge on any atom is 0.353 e. The highest BCUT2D eigenvalue weighted by Crippen LogP contribution is 2.36. The molecule has 0 amide bonds. The Kier molecular flexibility index (Phi) is 5.41. The summed E-state index contributed by atoms with van der Waals surface area (Å²) in [5, 5.41) is 18.1. The summed E-state index contributed by atoms with van der Waals surface area (Å²) in [5.74, 6) is 1.66. The van der Waals surface area contributed by atoms with Gasteiger partial charge in [0.05, 0.1) is 4.92 Å². The summed E-state index contributed by atoms with van der Waals surface area (Å²) in [5.41, 5.74) is 0.480. The molecule has 0 saturated heterocycles. The van der Waals surface area contributed by atoms with E-state index in [4.69, 9.17) is 9.47 Å². The van der Waals surface area contributed by atoms with E-state index in [1.54, 1.807) is 18.2 Å². The number of hydrogen-bond donors (Lipinski definition) is 2. The lowest BCUT2D eigenvalue weighted by molar-refractivity contribution is -0.383. The van der Waals surface area contributed by atoms with Crippen molar-refractivity contribution in [2.45, 2.75) is 44.6 Å². The zero-order valence-electron chi connectivity index (χ0n) is 15.5. The van der Waals surface area contributed by atoms with E-state index in [1.807, 2.05) is 0 Å². The fourth-order valence-corrected chi connectivity index (χ4v) is 3.62. The first kappa shape index (κ1) is 18.3. The van der Waals surface area contributed by atoms with Crippen LogP contribution >= 0.6 is 0 Å². The highest BCUT2D eigenvalue weighted by atomic mass is 16.6. The summed E-state index contributed by atoms with van der Waals surface area (Å²) >= 11 is 0. The van der Waals surface area contributed by atoms with Gasteiger partial charge in [0, 0.05) is 17.8 Å². The first-order valence-electron chi connectivity index (χ1n) is 9.63. The molecule has 4 rings (SSSR count). The van der Waals surface area contributed by atoms with Gasteiger partial charge in [-0.3, -0.25) is 10.1 Å². The first-order chi connectivity index (χ1) is 13.7. The third kappa shape index (κ3) is 4.08. The second-order valence-electron chi connectivity index (χ2n) is 6.99. The van der Waals surface area contributed by atoms with E-state index >= 15 is 0 Å². The van der Waals surface area contributed by atoms with Crippen LogP contribution in [0.5, 0.6) is 11.5 Å². The minimum absolute atomic E-state index is 0.146. The molecule has 9 nitrogen and oxygen atoms in total. The number of nitrogens with one attached hydrogen (secondary N) is 2. The summed E-state index contributed by atoms with van der Waals surface area (Å²) in [4.78, 5) is 19.6. The van der Waals surface area contributed by atoms with Crippen molar-refractivity contribution in [2.24, 2.45) is 0 Å². The molecule has 148 valence electrons. The average Bonchev–Trinajstić information content (AvgIpc) is 2.96. The number of nitro groups is 1. The maximum atomic E-state index is 11.8. The van der Waals surface area contributed by atoms with Crippen LogP contribution in [0.1, 0.15) is 38.5 Å². The SMILES string of the molecule is O=[N+]([O-])c1c(Nc2ccc3c(c2)OCCO3)ncnc1NC1CCCCCC1. The zero-order chi connectivity index (χ0) is 19.3. The molecule has 2 N–H and O–H groups in total. The number of ether oxygens (including phenoxy) is 2. The predicted octanol–water partition coefficient (Wildman–Crippen LogP) is 4.03. The van der Waals surface area contributed by atoms with Crippen molar-refractivity contribution in [3.05, 3.63) is 34.6 Å². The van der Waals surface area contributed by atoms with Crippen LogP contribution in [0.25, 0.3) is 0 Å². The Morgan fingerprint density at radius 1 is 1.00 bits per heavy atom. The van der Waals surface area contributed by atoms with Crippen LogP contribution in [0.3, 0.4) is 0 Å². The Balaban J connectivity index is 1.59. The fourth-order valence-electron chi connectivity index (χ4n) is 3.62. The molecule has 2 heterocycles. The van der Waals surface area contributed by atoms with E-state index in [0.717, 1.165) is 25.7 Å². The second-order valence-corrected chi connectivity index (χ2v) is 6.99. The van der Waals surface area contributed by atoms with Gasteiger partial charge in [-0.15, -0.1) is 0 Å². The van der Waals surface area contributed by atoms with Crippen LogP contribution < -0.4 is 20.1 Å². The minimum atomic E-state index is -0.445. The fraction of sp³-hybridized carbons (Fsp3) is 0.474. The summed E-state index contributed by atoms with van der Waals surface area (Å²) in [7, 11) is 0. The molecule has 0 bridgehead atoms. The molecule has 0 atom stereocenters. The van der Waals surface area contributed by atoms with Crippen LogP contribution in [0.2, 0.25) is 0 Å². The smallest absolute Gasteiger partial charge is 0.353 e. The van der Waals surface area contributed by atoms with Crippen LogP contribution in [0.4, 0.5) is 23.0 Å². The van der Waals surface area contributed by atoms with E-state index in [-0.39, 0.29) is 23.4 Å². The Hall–Kier alpha value is -3.10. The molecular formula is C19H23N5O4. The summed E-state index contributed by atoms with van der Waals surface area (Å²) in [6.45, 7) is 0.979. The molecule has 2 aromatic rings. The van der Waals surface area contributed by atoms with Gasteiger partial charge in [0.25, 0.3) is 0 Å². The van der Waals surface area contributed by atoms with Crippen LogP contribution in [-0.2, 0) is 0 Å². The number of anilines is 3. The Labute approximate surface area is 162 Å². The van der Waals surface area contributed by atoms with Gasteiger partial charge in [-0.05, 0) is 25.0 Å². The lowest BCUT2D eigenvalue weighted by atomic mass is 10.1. The van der Waals surface area contributed by atoms with Gasteiger partial charge in [-0.1, -0.05) is 25.7 Å². The quantitative estimate of drug-likeness (QED) is 0.451. The number of benzene rings is 1. The molecule has 0 radical (unpaired) electrons. The summed E-state index contributed by atoms with van der Waals surface area (Å²) in [6.07, 6.45) is 7.99. The normalized spacial score (nSPS) is 16.9. The maximum absolute atomic E-state index is 11.8. The third-order valence-electron chi connectivity index (χ3n) is 5.01. The first-order valence-corrected chi connectivity index (χ1v) is 9.63. The van der Waals surface area contributed by atoms with Gasteiger partial charge < -0.3 is 20.1 Å². The minimum Gasteiger partial charge on any atom is -0.486 e. The van der Waals surface area contributed by atoms with E-state index in [0.29, 0.717) is 30.4 Å². The van der Waals surface area contributed by atoms with Crippen molar-refractivity contribution in [3.63, 3.8) is 0 Å². The van der Waals surface area contributed by atoms with Gasteiger partial charge in [0.15, 0.2) is 11.5 Å². The van der Waals surface area contributed by atoms with E-state index in [9.17, 15) is 10.1 Å². The molecule has 28 heavy (non-hydrogen) atoms. The van der Waals surface area contributed by atoms with Crippen LogP contribution in [0, 0.1) is 10.1 Å². The highest BCUT2D eigenvalue weighted by Gasteiger charge is 2.26. The molecule has 1 aromatic carbocycles. The van der Waals surface area contributed by atoms with Crippen molar-refractivity contribution in [2.75, 3.05) is 23.8 Å². The van der Waals surface area contributed by atoms with E-state index in [1.165, 1.54) is 19.2 Å². The molecule has 1 aliphatic heterocycles. The number of aromatic nitrogens is 2. The number of fused-ring (bicyclic) bond motifs is 1. The van der Waals surface area contributed by atoms with Crippen molar-refractivity contribution >= 4 is 23.0 Å². The van der Waals surface area contributed by atoms with Gasteiger partial charge in [0.2, 0.25) is 11.6 Å². The van der Waals surface area contributed by atoms with E-state index < -0.39 is 4.92 Å². The zero-order valence-corrected chi connectivity index (χ0v) is 15.5. The predicted molar refractivity (Wildman–Crippen MR) is 105 cm³/mol. The van der Waals surface area contributed by atoms with Crippen molar-refractivity contribution in [3.8, 4) is 11.5 Å². The molecule has 2 aliphatic rings. The van der Waals surface area contributed by atoms with Gasteiger partial charge >= 0.3 is 5.69 Å². The Morgan fingerprint density at radius 2 is 1.71 bits per heavy atom. The lowest BCUT2D eigenvalue weighted by Crippen LogP contribution is -2.20. The topological polar surface area (TPSA) is 111 Å². The summed E-state index contributed by atoms with van der Waals surface area (Å²) < 4.78 is 11.1. The third-order valence-corrected chi connectivity index (χ3v) is 5.01. The number of hydrogen-bond acceptors (Lipinski definition) is 8. The van der Waals surface area contributed by atoms with Gasteiger partial charge in [0.1, 0.15) is 19.5 Å². The second kappa shape index (κ2) is 8.28. The molecule has 1 fully saturated rings. The number of rotatable bonds is 5. The molecule has 1 aliphatic carbocycles. The monoisotopic (exact) mass is 385 g/mol. The standard InChI is InChI=1S/C19H23N5O4/c25-24(26)17-18(22-13-5-3-1-2-4-6-13)20-12-21-19(17)23-14-7-8-15-16(11-14)28-10-9-27-15/h7-8,11-13H,1-6,9-10H2,(H2,20,21,22,23). The molecule has 0 unspecified atom stereocenters. The van der Waals surface area contributed by atoms with Crippen LogP contribution in [-0.4, -0.2) is 34.1 Å². The Morgan fingerprint density at radius 3 is 2.46 bits per heavy atom. The molecule has 9 heteroatoms. The largest absolute Gasteiger partial charge is 0.486 e. The van der Waals surface area contributed by atoms with E-state index in [2.05, 4.69) is 20.6 Å². The van der Waals surface area contributed by atoms with Crippen molar-refractivity contribution in [1.82, 2.24) is 9.97 Å². The van der Waals surface area contributed by atoms with Gasteiger partial charge in [-0.25, -0.2) is 9.97 Å². The van der Waals surface area contributed by atoms with Crippen molar-refractivity contribution in [1.29, 1.82) is 0 Å².